The van der Waals surface area contributed by atoms with Crippen LogP contribution in [-0.2, 0) is 5.54 Å². The molecule has 0 amide bonds. The van der Waals surface area contributed by atoms with Crippen molar-refractivity contribution in [3.63, 3.8) is 0 Å². The van der Waals surface area contributed by atoms with Gasteiger partial charge in [0.2, 0.25) is 0 Å². The maximum absolute atomic E-state index is 14.2. The lowest BCUT2D eigenvalue weighted by Gasteiger charge is -2.32. The van der Waals surface area contributed by atoms with E-state index in [9.17, 15) is 4.39 Å². The minimum atomic E-state index is -0.267. The van der Waals surface area contributed by atoms with Crippen molar-refractivity contribution in [2.45, 2.75) is 31.2 Å². The van der Waals surface area contributed by atoms with Crippen molar-refractivity contribution in [3.05, 3.63) is 59.9 Å². The molecule has 21 heavy (non-hydrogen) atoms. The minimum Gasteiger partial charge on any atom is -0.497 e. The summed E-state index contributed by atoms with van der Waals surface area (Å²) in [5, 5.41) is 3.46. The van der Waals surface area contributed by atoms with Gasteiger partial charge in [0.1, 0.15) is 11.6 Å². The van der Waals surface area contributed by atoms with E-state index in [0.717, 1.165) is 12.8 Å². The molecule has 2 aromatic carbocycles. The molecule has 0 aromatic heterocycles. The van der Waals surface area contributed by atoms with Crippen LogP contribution in [0.3, 0.4) is 0 Å². The molecule has 0 bridgehead atoms. The largest absolute Gasteiger partial charge is 0.497 e. The van der Waals surface area contributed by atoms with E-state index in [0.29, 0.717) is 11.4 Å². The topological polar surface area (TPSA) is 21.3 Å². The second kappa shape index (κ2) is 5.76. The lowest BCUT2D eigenvalue weighted by molar-refractivity contribution is 0.411. The van der Waals surface area contributed by atoms with Gasteiger partial charge in [0, 0.05) is 6.07 Å². The van der Waals surface area contributed by atoms with Gasteiger partial charge in [0.05, 0.1) is 18.3 Å². The van der Waals surface area contributed by atoms with E-state index in [2.05, 4.69) is 17.4 Å². The summed E-state index contributed by atoms with van der Waals surface area (Å²) in [6, 6.07) is 15.3. The van der Waals surface area contributed by atoms with E-state index in [1.807, 2.05) is 18.2 Å². The summed E-state index contributed by atoms with van der Waals surface area (Å²) in [5.74, 6) is 0.273. The van der Waals surface area contributed by atoms with Crippen LogP contribution >= 0.6 is 0 Å². The van der Waals surface area contributed by atoms with Crippen LogP contribution in [0.1, 0.15) is 31.2 Å². The zero-order chi connectivity index (χ0) is 14.7. The molecular formula is C18H20FNO. The molecule has 1 N–H and O–H groups in total. The average Bonchev–Trinajstić information content (AvgIpc) is 3.00. The second-order valence-electron chi connectivity index (χ2n) is 5.63. The molecule has 1 aliphatic rings. The molecule has 0 spiro atoms. The monoisotopic (exact) mass is 285 g/mol. The van der Waals surface area contributed by atoms with E-state index in [1.165, 1.54) is 24.5 Å². The van der Waals surface area contributed by atoms with Gasteiger partial charge < -0.3 is 10.1 Å². The Bertz CT molecular complexity index is 606. The normalized spacial score (nSPS) is 16.7. The highest BCUT2D eigenvalue weighted by Gasteiger charge is 2.35. The number of hydrogen-bond acceptors (Lipinski definition) is 2. The molecule has 1 fully saturated rings. The Morgan fingerprint density at radius 2 is 1.76 bits per heavy atom. The number of rotatable bonds is 4. The third-order valence-electron chi connectivity index (χ3n) is 4.33. The van der Waals surface area contributed by atoms with Gasteiger partial charge in [-0.05, 0) is 30.5 Å². The maximum Gasteiger partial charge on any atom is 0.149 e. The van der Waals surface area contributed by atoms with Crippen molar-refractivity contribution in [1.82, 2.24) is 0 Å². The van der Waals surface area contributed by atoms with E-state index in [4.69, 9.17) is 4.74 Å². The van der Waals surface area contributed by atoms with Crippen LogP contribution < -0.4 is 10.1 Å². The van der Waals surface area contributed by atoms with Crippen LogP contribution in [0.4, 0.5) is 10.1 Å². The summed E-state index contributed by atoms with van der Waals surface area (Å²) in [5.41, 5.74) is 1.62. The molecule has 2 aromatic rings. The van der Waals surface area contributed by atoms with Crippen molar-refractivity contribution in [2.24, 2.45) is 0 Å². The Hall–Kier alpha value is -2.03. The Balaban J connectivity index is 1.93. The predicted octanol–water partition coefficient (Wildman–Crippen LogP) is 4.72. The third-order valence-corrected chi connectivity index (χ3v) is 4.33. The van der Waals surface area contributed by atoms with Gasteiger partial charge in [-0.15, -0.1) is 0 Å². The zero-order valence-electron chi connectivity index (χ0n) is 12.2. The molecular weight excluding hydrogens is 265 g/mol. The first-order chi connectivity index (χ1) is 10.2. The average molecular weight is 285 g/mol. The van der Waals surface area contributed by atoms with Crippen LogP contribution in [0.25, 0.3) is 0 Å². The molecule has 0 unspecified atom stereocenters. The summed E-state index contributed by atoms with van der Waals surface area (Å²) in [4.78, 5) is 0. The lowest BCUT2D eigenvalue weighted by atomic mass is 9.88. The Kier molecular flexibility index (Phi) is 3.82. The molecule has 0 heterocycles. The van der Waals surface area contributed by atoms with Crippen molar-refractivity contribution >= 4 is 5.69 Å². The van der Waals surface area contributed by atoms with Crippen molar-refractivity contribution in [1.29, 1.82) is 0 Å². The van der Waals surface area contributed by atoms with Gasteiger partial charge in [-0.2, -0.15) is 0 Å². The summed E-state index contributed by atoms with van der Waals surface area (Å²) in [6.07, 6.45) is 4.39. The van der Waals surface area contributed by atoms with Gasteiger partial charge in [-0.25, -0.2) is 4.39 Å². The highest BCUT2D eigenvalue weighted by Crippen LogP contribution is 2.42. The molecule has 110 valence electrons. The van der Waals surface area contributed by atoms with Crippen LogP contribution in [0.2, 0.25) is 0 Å². The predicted molar refractivity (Wildman–Crippen MR) is 83.2 cm³/mol. The van der Waals surface area contributed by atoms with Gasteiger partial charge in [-0.1, -0.05) is 43.2 Å². The van der Waals surface area contributed by atoms with Gasteiger partial charge in [-0.3, -0.25) is 0 Å². The number of halogens is 1. The van der Waals surface area contributed by atoms with Crippen LogP contribution in [0, 0.1) is 5.82 Å². The number of ether oxygens (including phenoxy) is 1. The van der Waals surface area contributed by atoms with Crippen LogP contribution in [-0.4, -0.2) is 7.11 Å². The maximum atomic E-state index is 14.2. The molecule has 3 heteroatoms. The fourth-order valence-electron chi connectivity index (χ4n) is 3.20. The summed E-state index contributed by atoms with van der Waals surface area (Å²) in [6.45, 7) is 0. The molecule has 1 saturated carbocycles. The zero-order valence-corrected chi connectivity index (χ0v) is 12.2. The second-order valence-corrected chi connectivity index (χ2v) is 5.63. The fourth-order valence-corrected chi connectivity index (χ4v) is 3.20. The number of hydrogen-bond donors (Lipinski definition) is 1. The first kappa shape index (κ1) is 13.9. The molecule has 0 atom stereocenters. The quantitative estimate of drug-likeness (QED) is 0.878. The molecule has 2 nitrogen and oxygen atoms in total. The van der Waals surface area contributed by atoms with Gasteiger partial charge >= 0.3 is 0 Å². The van der Waals surface area contributed by atoms with Crippen molar-refractivity contribution in [2.75, 3.05) is 12.4 Å². The lowest BCUT2D eigenvalue weighted by Crippen LogP contribution is -2.32. The van der Waals surface area contributed by atoms with Gasteiger partial charge in [0.15, 0.2) is 0 Å². The van der Waals surface area contributed by atoms with Crippen molar-refractivity contribution in [3.8, 4) is 5.75 Å². The smallest absolute Gasteiger partial charge is 0.149 e. The molecule has 0 saturated heterocycles. The van der Waals surface area contributed by atoms with Crippen LogP contribution in [0.15, 0.2) is 48.5 Å². The number of benzene rings is 2. The van der Waals surface area contributed by atoms with Crippen LogP contribution in [0.5, 0.6) is 5.75 Å². The van der Waals surface area contributed by atoms with Gasteiger partial charge in [0.25, 0.3) is 0 Å². The molecule has 0 radical (unpaired) electrons. The number of anilines is 1. The Morgan fingerprint density at radius 3 is 2.38 bits per heavy atom. The fraction of sp³-hybridized carbons (Fsp3) is 0.333. The number of methoxy groups -OCH3 is 1. The Morgan fingerprint density at radius 1 is 1.05 bits per heavy atom. The SMILES string of the molecule is COc1ccc(NC2(c3ccccc3)CCCC2)c(F)c1. The molecule has 0 aliphatic heterocycles. The molecule has 1 aliphatic carbocycles. The minimum absolute atomic E-state index is 0.156. The van der Waals surface area contributed by atoms with Crippen molar-refractivity contribution < 1.29 is 9.13 Å². The summed E-state index contributed by atoms with van der Waals surface area (Å²) in [7, 11) is 1.55. The summed E-state index contributed by atoms with van der Waals surface area (Å²) < 4.78 is 19.3. The van der Waals surface area contributed by atoms with E-state index in [1.54, 1.807) is 19.2 Å². The standard InChI is InChI=1S/C18H20FNO/c1-21-15-9-10-17(16(19)13-15)20-18(11-5-6-12-18)14-7-3-2-4-8-14/h2-4,7-10,13,20H,5-6,11-12H2,1H3. The number of nitrogens with one attached hydrogen (secondary N) is 1. The van der Waals surface area contributed by atoms with E-state index in [-0.39, 0.29) is 11.4 Å². The highest BCUT2D eigenvalue weighted by molar-refractivity contribution is 5.52. The van der Waals surface area contributed by atoms with E-state index < -0.39 is 0 Å². The van der Waals surface area contributed by atoms with E-state index >= 15 is 0 Å². The first-order valence-corrected chi connectivity index (χ1v) is 7.41. The molecule has 3 rings (SSSR count). The first-order valence-electron chi connectivity index (χ1n) is 7.41. The Labute approximate surface area is 125 Å². The highest BCUT2D eigenvalue weighted by atomic mass is 19.1. The third kappa shape index (κ3) is 2.73. The summed E-state index contributed by atoms with van der Waals surface area (Å²) >= 11 is 0.